The highest BCUT2D eigenvalue weighted by atomic mass is 35.5. The lowest BCUT2D eigenvalue weighted by molar-refractivity contribution is -0.117. The van der Waals surface area contributed by atoms with E-state index < -0.39 is 0 Å². The minimum Gasteiger partial charge on any atom is -0.328 e. The zero-order chi connectivity index (χ0) is 14.7. The van der Waals surface area contributed by atoms with Crippen LogP contribution in [0.2, 0.25) is 0 Å². The molecule has 1 aliphatic rings. The van der Waals surface area contributed by atoms with Gasteiger partial charge in [0.05, 0.1) is 6.54 Å². The fourth-order valence-electron chi connectivity index (χ4n) is 2.84. The third-order valence-corrected chi connectivity index (χ3v) is 4.06. The Morgan fingerprint density at radius 2 is 1.82 bits per heavy atom. The molecule has 5 heteroatoms. The van der Waals surface area contributed by atoms with Crippen LogP contribution in [0.15, 0.2) is 42.5 Å². The van der Waals surface area contributed by atoms with Crippen LogP contribution in [0.4, 0.5) is 5.69 Å². The molecule has 1 aliphatic heterocycles. The summed E-state index contributed by atoms with van der Waals surface area (Å²) >= 11 is 0. The molecule has 1 fully saturated rings. The van der Waals surface area contributed by atoms with Gasteiger partial charge in [0.25, 0.3) is 0 Å². The lowest BCUT2D eigenvalue weighted by atomic mass is 10.1. The van der Waals surface area contributed by atoms with Crippen molar-refractivity contribution in [3.05, 3.63) is 42.5 Å². The summed E-state index contributed by atoms with van der Waals surface area (Å²) in [6.07, 6.45) is 1.95. The average Bonchev–Trinajstić information content (AvgIpc) is 2.50. The van der Waals surface area contributed by atoms with Crippen molar-refractivity contribution in [2.24, 2.45) is 5.73 Å². The van der Waals surface area contributed by atoms with Crippen molar-refractivity contribution in [3.8, 4) is 0 Å². The number of hydrogen-bond acceptors (Lipinski definition) is 3. The summed E-state index contributed by atoms with van der Waals surface area (Å²) in [5, 5.41) is 5.25. The predicted octanol–water partition coefficient (Wildman–Crippen LogP) is 2.62. The Kier molecular flexibility index (Phi) is 5.77. The molecule has 1 amide bonds. The van der Waals surface area contributed by atoms with Crippen LogP contribution in [-0.4, -0.2) is 36.5 Å². The van der Waals surface area contributed by atoms with Crippen molar-refractivity contribution < 1.29 is 4.79 Å². The normalized spacial score (nSPS) is 16.2. The van der Waals surface area contributed by atoms with Crippen LogP contribution in [0.3, 0.4) is 0 Å². The van der Waals surface area contributed by atoms with E-state index in [1.165, 1.54) is 0 Å². The van der Waals surface area contributed by atoms with Gasteiger partial charge >= 0.3 is 0 Å². The van der Waals surface area contributed by atoms with E-state index in [1.807, 2.05) is 30.3 Å². The molecule has 1 saturated heterocycles. The van der Waals surface area contributed by atoms with Gasteiger partial charge in [-0.25, -0.2) is 0 Å². The fraction of sp³-hybridized carbons (Fsp3) is 0.353. The maximum absolute atomic E-state index is 12.2. The lowest BCUT2D eigenvalue weighted by Crippen LogP contribution is -2.43. The maximum atomic E-state index is 12.2. The molecule has 0 aromatic heterocycles. The molecule has 4 nitrogen and oxygen atoms in total. The van der Waals surface area contributed by atoms with Crippen molar-refractivity contribution in [1.82, 2.24) is 4.90 Å². The molecule has 22 heavy (non-hydrogen) atoms. The number of fused-ring (bicyclic) bond motifs is 1. The number of benzene rings is 2. The Bertz CT molecular complexity index is 633. The van der Waals surface area contributed by atoms with E-state index in [2.05, 4.69) is 22.3 Å². The first-order valence-electron chi connectivity index (χ1n) is 7.48. The zero-order valence-electron chi connectivity index (χ0n) is 12.5. The van der Waals surface area contributed by atoms with Gasteiger partial charge in [0.1, 0.15) is 0 Å². The number of carbonyl (C=O) groups excluding carboxylic acids is 1. The molecule has 3 rings (SSSR count). The van der Waals surface area contributed by atoms with Crippen LogP contribution < -0.4 is 11.1 Å². The maximum Gasteiger partial charge on any atom is 0.238 e. The summed E-state index contributed by atoms with van der Waals surface area (Å²) < 4.78 is 0. The number of rotatable bonds is 3. The first kappa shape index (κ1) is 16.7. The molecular weight excluding hydrogens is 298 g/mol. The van der Waals surface area contributed by atoms with Crippen molar-refractivity contribution in [3.63, 3.8) is 0 Å². The highest BCUT2D eigenvalue weighted by Crippen LogP contribution is 2.22. The predicted molar refractivity (Wildman–Crippen MR) is 93.5 cm³/mol. The summed E-state index contributed by atoms with van der Waals surface area (Å²) in [5.74, 6) is 0.0434. The molecule has 0 radical (unpaired) electrons. The Balaban J connectivity index is 0.00000176. The van der Waals surface area contributed by atoms with E-state index in [4.69, 9.17) is 5.73 Å². The number of anilines is 1. The second kappa shape index (κ2) is 7.58. The lowest BCUT2D eigenvalue weighted by Gasteiger charge is -2.29. The molecule has 2 aromatic carbocycles. The number of hydrogen-bond donors (Lipinski definition) is 2. The summed E-state index contributed by atoms with van der Waals surface area (Å²) in [6.45, 7) is 2.25. The minimum atomic E-state index is 0. The highest BCUT2D eigenvalue weighted by Gasteiger charge is 2.18. The van der Waals surface area contributed by atoms with E-state index >= 15 is 0 Å². The summed E-state index contributed by atoms with van der Waals surface area (Å²) in [7, 11) is 0. The fourth-order valence-corrected chi connectivity index (χ4v) is 2.84. The smallest absolute Gasteiger partial charge is 0.238 e. The van der Waals surface area contributed by atoms with Crippen LogP contribution in [0.1, 0.15) is 12.8 Å². The van der Waals surface area contributed by atoms with E-state index in [9.17, 15) is 4.79 Å². The van der Waals surface area contributed by atoms with Gasteiger partial charge in [0.15, 0.2) is 0 Å². The number of nitrogens with one attached hydrogen (secondary N) is 1. The largest absolute Gasteiger partial charge is 0.328 e. The molecule has 118 valence electrons. The SMILES string of the molecule is Cl.NC1CCN(CC(=O)Nc2cccc3ccccc23)CC1. The molecule has 3 N–H and O–H groups in total. The number of nitrogens with two attached hydrogens (primary N) is 1. The summed E-state index contributed by atoms with van der Waals surface area (Å²) in [5.41, 5.74) is 6.77. The van der Waals surface area contributed by atoms with E-state index in [-0.39, 0.29) is 18.3 Å². The van der Waals surface area contributed by atoms with Crippen LogP contribution in [0.25, 0.3) is 10.8 Å². The molecule has 0 aliphatic carbocycles. The quantitative estimate of drug-likeness (QED) is 0.914. The van der Waals surface area contributed by atoms with E-state index in [0.717, 1.165) is 42.4 Å². The van der Waals surface area contributed by atoms with Gasteiger partial charge in [0.2, 0.25) is 5.91 Å². The molecule has 0 atom stereocenters. The van der Waals surface area contributed by atoms with Gasteiger partial charge in [0, 0.05) is 30.2 Å². The topological polar surface area (TPSA) is 58.4 Å². The number of amides is 1. The molecule has 0 bridgehead atoms. The number of piperidine rings is 1. The monoisotopic (exact) mass is 319 g/mol. The van der Waals surface area contributed by atoms with Crippen molar-refractivity contribution in [2.75, 3.05) is 25.0 Å². The molecule has 0 saturated carbocycles. The third-order valence-electron chi connectivity index (χ3n) is 4.06. The van der Waals surface area contributed by atoms with E-state index in [1.54, 1.807) is 0 Å². The summed E-state index contributed by atoms with van der Waals surface area (Å²) in [6, 6.07) is 14.3. The van der Waals surface area contributed by atoms with Crippen molar-refractivity contribution >= 4 is 34.8 Å². The van der Waals surface area contributed by atoms with Gasteiger partial charge < -0.3 is 11.1 Å². The molecule has 0 spiro atoms. The molecular formula is C17H22ClN3O. The van der Waals surface area contributed by atoms with Crippen LogP contribution in [0.5, 0.6) is 0 Å². The van der Waals surface area contributed by atoms with Crippen LogP contribution >= 0.6 is 12.4 Å². The van der Waals surface area contributed by atoms with Crippen molar-refractivity contribution in [2.45, 2.75) is 18.9 Å². The number of nitrogens with zero attached hydrogens (tertiary/aromatic N) is 1. The molecule has 0 unspecified atom stereocenters. The average molecular weight is 320 g/mol. The Morgan fingerprint density at radius 3 is 2.59 bits per heavy atom. The first-order valence-corrected chi connectivity index (χ1v) is 7.48. The second-order valence-electron chi connectivity index (χ2n) is 5.69. The van der Waals surface area contributed by atoms with Crippen LogP contribution in [-0.2, 0) is 4.79 Å². The standard InChI is InChI=1S/C17H21N3O.ClH/c18-14-8-10-20(11-9-14)12-17(21)19-16-7-3-5-13-4-1-2-6-15(13)16;/h1-7,14H,8-12,18H2,(H,19,21);1H. The molecule has 2 aromatic rings. The van der Waals surface area contributed by atoms with Gasteiger partial charge in [-0.05, 0) is 24.3 Å². The van der Waals surface area contributed by atoms with Gasteiger partial charge in [-0.15, -0.1) is 12.4 Å². The first-order chi connectivity index (χ1) is 10.2. The Labute approximate surface area is 137 Å². The van der Waals surface area contributed by atoms with E-state index in [0.29, 0.717) is 12.6 Å². The van der Waals surface area contributed by atoms with Crippen LogP contribution in [0, 0.1) is 0 Å². The number of halogens is 1. The third kappa shape index (κ3) is 3.97. The number of carbonyl (C=O) groups is 1. The van der Waals surface area contributed by atoms with Gasteiger partial charge in [-0.3, -0.25) is 9.69 Å². The Morgan fingerprint density at radius 1 is 1.14 bits per heavy atom. The highest BCUT2D eigenvalue weighted by molar-refractivity contribution is 6.02. The zero-order valence-corrected chi connectivity index (χ0v) is 13.3. The Hall–Kier alpha value is -1.62. The van der Waals surface area contributed by atoms with Gasteiger partial charge in [-0.1, -0.05) is 36.4 Å². The minimum absolute atomic E-state index is 0. The van der Waals surface area contributed by atoms with Gasteiger partial charge in [-0.2, -0.15) is 0 Å². The number of likely N-dealkylation sites (tertiary alicyclic amines) is 1. The molecule has 1 heterocycles. The second-order valence-corrected chi connectivity index (χ2v) is 5.69. The van der Waals surface area contributed by atoms with Crippen molar-refractivity contribution in [1.29, 1.82) is 0 Å². The summed E-state index contributed by atoms with van der Waals surface area (Å²) in [4.78, 5) is 14.4.